The number of carboxylic acids is 1. The lowest BCUT2D eigenvalue weighted by atomic mass is 9.98. The molecule has 216 valence electrons. The van der Waals surface area contributed by atoms with Crippen molar-refractivity contribution in [3.8, 4) is 0 Å². The van der Waals surface area contributed by atoms with Crippen LogP contribution in [0.1, 0.15) is 71.6 Å². The highest BCUT2D eigenvalue weighted by Gasteiger charge is 2.26. The highest BCUT2D eigenvalue weighted by molar-refractivity contribution is 5.81. The zero-order chi connectivity index (χ0) is 28.3. The third-order valence-corrected chi connectivity index (χ3v) is 5.37. The largest absolute Gasteiger partial charge is 0.481 e. The van der Waals surface area contributed by atoms with Crippen LogP contribution in [0.2, 0.25) is 0 Å². The Balaban J connectivity index is 2.13. The molecule has 1 aliphatic rings. The molecule has 0 aromatic heterocycles. The van der Waals surface area contributed by atoms with Crippen molar-refractivity contribution in [3.63, 3.8) is 0 Å². The molecule has 1 rings (SSSR count). The number of carboxylic acid groups (broad SMARTS) is 1. The molecule has 2 amide bonds. The van der Waals surface area contributed by atoms with E-state index in [9.17, 15) is 28.8 Å². The first-order valence-electron chi connectivity index (χ1n) is 12.7. The SMILES string of the molecule is CC(C)[C@H](NC(=O)OCOC(=O)CCCOC(=O)CNC(=O)OC1CCCCC1)C(=O)OCCCC(=O)O. The van der Waals surface area contributed by atoms with Gasteiger partial charge in [-0.25, -0.2) is 14.4 Å². The van der Waals surface area contributed by atoms with Gasteiger partial charge in [-0.3, -0.25) is 14.4 Å². The summed E-state index contributed by atoms with van der Waals surface area (Å²) in [5.74, 6) is -3.50. The highest BCUT2D eigenvalue weighted by Crippen LogP contribution is 2.20. The molecule has 0 aromatic carbocycles. The summed E-state index contributed by atoms with van der Waals surface area (Å²) < 4.78 is 24.6. The van der Waals surface area contributed by atoms with Gasteiger partial charge in [0.1, 0.15) is 18.7 Å². The van der Waals surface area contributed by atoms with Crippen molar-refractivity contribution in [3.05, 3.63) is 0 Å². The summed E-state index contributed by atoms with van der Waals surface area (Å²) in [4.78, 5) is 69.6. The average Bonchev–Trinajstić information content (AvgIpc) is 2.86. The fraction of sp³-hybridized carbons (Fsp3) is 0.750. The van der Waals surface area contributed by atoms with Crippen LogP contribution in [0.3, 0.4) is 0 Å². The van der Waals surface area contributed by atoms with Crippen LogP contribution in [0.15, 0.2) is 0 Å². The second-order valence-corrected chi connectivity index (χ2v) is 8.94. The molecule has 0 saturated heterocycles. The number of carbonyl (C=O) groups is 6. The smallest absolute Gasteiger partial charge is 0.410 e. The van der Waals surface area contributed by atoms with Gasteiger partial charge in [-0.15, -0.1) is 0 Å². The Labute approximate surface area is 221 Å². The van der Waals surface area contributed by atoms with E-state index in [4.69, 9.17) is 28.8 Å². The van der Waals surface area contributed by atoms with Crippen molar-refractivity contribution in [1.82, 2.24) is 10.6 Å². The number of esters is 3. The first-order valence-corrected chi connectivity index (χ1v) is 12.7. The van der Waals surface area contributed by atoms with Crippen molar-refractivity contribution in [2.24, 2.45) is 5.92 Å². The van der Waals surface area contributed by atoms with E-state index in [-0.39, 0.29) is 57.5 Å². The molecule has 0 bridgehead atoms. The molecule has 0 spiro atoms. The number of aliphatic carboxylic acids is 1. The molecule has 1 atom stereocenters. The molecule has 1 saturated carbocycles. The Morgan fingerprint density at radius 3 is 2.13 bits per heavy atom. The lowest BCUT2D eigenvalue weighted by Gasteiger charge is -2.21. The van der Waals surface area contributed by atoms with Crippen LogP contribution in [-0.2, 0) is 42.9 Å². The maximum atomic E-state index is 12.1. The molecule has 0 aromatic rings. The fourth-order valence-corrected chi connectivity index (χ4v) is 3.35. The molecule has 0 radical (unpaired) electrons. The summed E-state index contributed by atoms with van der Waals surface area (Å²) in [6.45, 7) is 2.08. The van der Waals surface area contributed by atoms with Gasteiger partial charge in [0, 0.05) is 12.8 Å². The summed E-state index contributed by atoms with van der Waals surface area (Å²) in [6.07, 6.45) is 2.97. The first kappa shape index (κ1) is 32.4. The van der Waals surface area contributed by atoms with Crippen LogP contribution in [0.25, 0.3) is 0 Å². The lowest BCUT2D eigenvalue weighted by molar-refractivity contribution is -0.154. The summed E-state index contributed by atoms with van der Waals surface area (Å²) >= 11 is 0. The molecule has 0 aliphatic heterocycles. The Morgan fingerprint density at radius 2 is 1.47 bits per heavy atom. The fourth-order valence-electron chi connectivity index (χ4n) is 3.35. The monoisotopic (exact) mass is 546 g/mol. The lowest BCUT2D eigenvalue weighted by Crippen LogP contribution is -2.45. The number of ether oxygens (including phenoxy) is 5. The molecule has 14 heteroatoms. The van der Waals surface area contributed by atoms with Gasteiger partial charge in [-0.1, -0.05) is 20.3 Å². The third-order valence-electron chi connectivity index (χ3n) is 5.37. The van der Waals surface area contributed by atoms with Gasteiger partial charge in [-0.05, 0) is 44.4 Å². The minimum atomic E-state index is -1.04. The standard InChI is InChI=1S/C24H38N2O12/c1-16(2)21(22(31)35-13-6-10-18(27)28)26-24(33)37-15-36-19(29)11-7-12-34-20(30)14-25-23(32)38-17-8-4-3-5-9-17/h16-17,21H,3-15H2,1-2H3,(H,25,32)(H,26,33)(H,27,28)/t21-/m0/s1. The van der Waals surface area contributed by atoms with E-state index in [1.807, 2.05) is 0 Å². The van der Waals surface area contributed by atoms with Crippen molar-refractivity contribution >= 4 is 36.1 Å². The van der Waals surface area contributed by atoms with Gasteiger partial charge < -0.3 is 39.4 Å². The second-order valence-electron chi connectivity index (χ2n) is 8.94. The molecule has 1 aliphatic carbocycles. The summed E-state index contributed by atoms with van der Waals surface area (Å²) in [5, 5.41) is 13.2. The van der Waals surface area contributed by atoms with Crippen molar-refractivity contribution in [1.29, 1.82) is 0 Å². The van der Waals surface area contributed by atoms with Gasteiger partial charge in [0.2, 0.25) is 6.79 Å². The summed E-state index contributed by atoms with van der Waals surface area (Å²) in [7, 11) is 0. The zero-order valence-electron chi connectivity index (χ0n) is 21.9. The van der Waals surface area contributed by atoms with E-state index in [2.05, 4.69) is 10.6 Å². The Hall–Kier alpha value is -3.58. The van der Waals surface area contributed by atoms with E-state index in [1.54, 1.807) is 13.8 Å². The van der Waals surface area contributed by atoms with Crippen molar-refractivity contribution < 1.29 is 57.6 Å². The zero-order valence-corrected chi connectivity index (χ0v) is 21.9. The maximum Gasteiger partial charge on any atom is 0.410 e. The second kappa shape index (κ2) is 18.6. The minimum absolute atomic E-state index is 0.0841. The first-order chi connectivity index (χ1) is 18.1. The minimum Gasteiger partial charge on any atom is -0.481 e. The number of amides is 2. The van der Waals surface area contributed by atoms with Crippen molar-refractivity contribution in [2.75, 3.05) is 26.6 Å². The molecular formula is C24H38N2O12. The van der Waals surface area contributed by atoms with Gasteiger partial charge in [0.25, 0.3) is 0 Å². The van der Waals surface area contributed by atoms with Crippen LogP contribution in [0, 0.1) is 5.92 Å². The number of rotatable bonds is 16. The van der Waals surface area contributed by atoms with E-state index in [0.717, 1.165) is 32.1 Å². The molecular weight excluding hydrogens is 508 g/mol. The predicted molar refractivity (Wildman–Crippen MR) is 129 cm³/mol. The number of carbonyl (C=O) groups excluding carboxylic acids is 5. The van der Waals surface area contributed by atoms with E-state index < -0.39 is 48.9 Å². The van der Waals surface area contributed by atoms with E-state index >= 15 is 0 Å². The maximum absolute atomic E-state index is 12.1. The number of hydrogen-bond donors (Lipinski definition) is 3. The summed E-state index contributed by atoms with van der Waals surface area (Å²) in [5.41, 5.74) is 0. The van der Waals surface area contributed by atoms with E-state index in [1.165, 1.54) is 0 Å². The number of alkyl carbamates (subject to hydrolysis) is 2. The molecule has 38 heavy (non-hydrogen) atoms. The van der Waals surface area contributed by atoms with Crippen LogP contribution >= 0.6 is 0 Å². The van der Waals surface area contributed by atoms with Crippen LogP contribution in [0.5, 0.6) is 0 Å². The molecule has 1 fully saturated rings. The average molecular weight is 547 g/mol. The van der Waals surface area contributed by atoms with Gasteiger partial charge >= 0.3 is 36.1 Å². The molecule has 3 N–H and O–H groups in total. The van der Waals surface area contributed by atoms with E-state index in [0.29, 0.717) is 0 Å². The van der Waals surface area contributed by atoms with Gasteiger partial charge in [0.15, 0.2) is 0 Å². The summed E-state index contributed by atoms with van der Waals surface area (Å²) in [6, 6.07) is -1.04. The Morgan fingerprint density at radius 1 is 0.816 bits per heavy atom. The van der Waals surface area contributed by atoms with Gasteiger partial charge in [-0.2, -0.15) is 0 Å². The Bertz CT molecular complexity index is 795. The van der Waals surface area contributed by atoms with Gasteiger partial charge in [0.05, 0.1) is 13.2 Å². The molecule has 14 nitrogen and oxygen atoms in total. The highest BCUT2D eigenvalue weighted by atomic mass is 16.7. The van der Waals surface area contributed by atoms with Crippen molar-refractivity contribution in [2.45, 2.75) is 83.8 Å². The third kappa shape index (κ3) is 15.5. The predicted octanol–water partition coefficient (Wildman–Crippen LogP) is 2.03. The van der Waals surface area contributed by atoms with Crippen LogP contribution in [0.4, 0.5) is 9.59 Å². The molecule has 0 heterocycles. The number of hydrogen-bond acceptors (Lipinski definition) is 11. The van der Waals surface area contributed by atoms with Crippen LogP contribution < -0.4 is 10.6 Å². The topological polar surface area (TPSA) is 193 Å². The van der Waals surface area contributed by atoms with Crippen LogP contribution in [-0.4, -0.2) is 79.9 Å². The normalized spacial score (nSPS) is 14.1. The number of nitrogens with one attached hydrogen (secondary N) is 2. The Kier molecular flexibility index (Phi) is 15.9. The molecule has 0 unspecified atom stereocenters. The quantitative estimate of drug-likeness (QED) is 0.111.